The topological polar surface area (TPSA) is 41.6 Å². The van der Waals surface area contributed by atoms with Gasteiger partial charge in [0.15, 0.2) is 0 Å². The smallest absolute Gasteiger partial charge is 0.222 e. The van der Waals surface area contributed by atoms with E-state index in [1.165, 1.54) is 11.1 Å². The van der Waals surface area contributed by atoms with E-state index in [1.807, 2.05) is 4.90 Å². The molecule has 1 N–H and O–H groups in total. The third-order valence-corrected chi connectivity index (χ3v) is 4.05. The van der Waals surface area contributed by atoms with Gasteiger partial charge in [-0.25, -0.2) is 0 Å². The molecular formula is C18H28N2O2. The summed E-state index contributed by atoms with van der Waals surface area (Å²) in [5.41, 5.74) is 2.44. The number of nitrogens with one attached hydrogen (secondary N) is 1. The van der Waals surface area contributed by atoms with E-state index in [-0.39, 0.29) is 5.91 Å². The van der Waals surface area contributed by atoms with Crippen LogP contribution in [0, 0.1) is 6.92 Å². The fourth-order valence-electron chi connectivity index (χ4n) is 2.72. The van der Waals surface area contributed by atoms with Gasteiger partial charge in [0.2, 0.25) is 5.91 Å². The monoisotopic (exact) mass is 304 g/mol. The van der Waals surface area contributed by atoms with Crippen LogP contribution in [-0.4, -0.2) is 43.6 Å². The summed E-state index contributed by atoms with van der Waals surface area (Å²) in [5, 5.41) is 3.26. The Balaban J connectivity index is 1.78. The van der Waals surface area contributed by atoms with Crippen molar-refractivity contribution in [2.45, 2.75) is 39.5 Å². The quantitative estimate of drug-likeness (QED) is 0.822. The molecule has 1 fully saturated rings. The van der Waals surface area contributed by atoms with Crippen molar-refractivity contribution in [3.8, 4) is 5.75 Å². The molecule has 1 aromatic carbocycles. The lowest BCUT2D eigenvalue weighted by Gasteiger charge is -2.27. The van der Waals surface area contributed by atoms with Crippen LogP contribution in [-0.2, 0) is 4.79 Å². The molecule has 0 saturated carbocycles. The van der Waals surface area contributed by atoms with Crippen molar-refractivity contribution >= 4 is 5.91 Å². The Bertz CT molecular complexity index is 494. The van der Waals surface area contributed by atoms with Gasteiger partial charge in [-0.2, -0.15) is 0 Å². The molecule has 0 aromatic heterocycles. The standard InChI is InChI=1S/C18H28N2O2/c1-14(2)16-7-6-15(3)13-17(16)22-12-4-5-18(21)20-10-8-19-9-11-20/h6-7,13-14,19H,4-5,8-12H2,1-3H3. The van der Waals surface area contributed by atoms with E-state index in [1.54, 1.807) is 0 Å². The number of amides is 1. The summed E-state index contributed by atoms with van der Waals surface area (Å²) in [6.45, 7) is 10.5. The fourth-order valence-corrected chi connectivity index (χ4v) is 2.72. The van der Waals surface area contributed by atoms with Crippen LogP contribution in [0.15, 0.2) is 18.2 Å². The van der Waals surface area contributed by atoms with Crippen LogP contribution >= 0.6 is 0 Å². The minimum Gasteiger partial charge on any atom is -0.493 e. The minimum absolute atomic E-state index is 0.249. The Morgan fingerprint density at radius 3 is 2.73 bits per heavy atom. The number of carbonyl (C=O) groups is 1. The first kappa shape index (κ1) is 16.8. The van der Waals surface area contributed by atoms with E-state index in [2.05, 4.69) is 44.3 Å². The van der Waals surface area contributed by atoms with Crippen LogP contribution in [0.1, 0.15) is 43.7 Å². The van der Waals surface area contributed by atoms with Crippen molar-refractivity contribution < 1.29 is 9.53 Å². The highest BCUT2D eigenvalue weighted by Gasteiger charge is 2.15. The molecule has 2 rings (SSSR count). The van der Waals surface area contributed by atoms with Crippen molar-refractivity contribution in [3.63, 3.8) is 0 Å². The molecule has 0 unspecified atom stereocenters. The van der Waals surface area contributed by atoms with Crippen LogP contribution in [0.25, 0.3) is 0 Å². The van der Waals surface area contributed by atoms with Crippen molar-refractivity contribution in [1.29, 1.82) is 0 Å². The molecule has 0 radical (unpaired) electrons. The average molecular weight is 304 g/mol. The minimum atomic E-state index is 0.249. The molecule has 4 heteroatoms. The van der Waals surface area contributed by atoms with Crippen molar-refractivity contribution in [3.05, 3.63) is 29.3 Å². The second kappa shape index (κ2) is 8.18. The summed E-state index contributed by atoms with van der Waals surface area (Å²) >= 11 is 0. The first-order valence-electron chi connectivity index (χ1n) is 8.30. The summed E-state index contributed by atoms with van der Waals surface area (Å²) in [6, 6.07) is 6.35. The molecule has 0 aliphatic carbocycles. The number of rotatable bonds is 6. The summed E-state index contributed by atoms with van der Waals surface area (Å²) < 4.78 is 5.93. The van der Waals surface area contributed by atoms with Gasteiger partial charge in [-0.3, -0.25) is 4.79 Å². The van der Waals surface area contributed by atoms with E-state index >= 15 is 0 Å². The number of ether oxygens (including phenoxy) is 1. The molecule has 1 aliphatic rings. The van der Waals surface area contributed by atoms with Crippen molar-refractivity contribution in [1.82, 2.24) is 10.2 Å². The van der Waals surface area contributed by atoms with Crippen molar-refractivity contribution in [2.75, 3.05) is 32.8 Å². The molecule has 1 saturated heterocycles. The number of nitrogens with zero attached hydrogens (tertiary/aromatic N) is 1. The second-order valence-electron chi connectivity index (χ2n) is 6.28. The Hall–Kier alpha value is -1.55. The molecule has 0 atom stereocenters. The van der Waals surface area contributed by atoms with Crippen LogP contribution in [0.4, 0.5) is 0 Å². The largest absolute Gasteiger partial charge is 0.493 e. The van der Waals surface area contributed by atoms with Crippen LogP contribution < -0.4 is 10.1 Å². The highest BCUT2D eigenvalue weighted by Crippen LogP contribution is 2.27. The molecule has 1 amide bonds. The van der Waals surface area contributed by atoms with Gasteiger partial charge in [-0.1, -0.05) is 26.0 Å². The van der Waals surface area contributed by atoms with E-state index in [9.17, 15) is 4.79 Å². The van der Waals surface area contributed by atoms with Gasteiger partial charge < -0.3 is 15.0 Å². The maximum Gasteiger partial charge on any atom is 0.222 e. The average Bonchev–Trinajstić information content (AvgIpc) is 2.52. The maximum absolute atomic E-state index is 12.1. The van der Waals surface area contributed by atoms with Gasteiger partial charge in [0, 0.05) is 32.6 Å². The number of hydrogen-bond donors (Lipinski definition) is 1. The first-order valence-corrected chi connectivity index (χ1v) is 8.30. The fraction of sp³-hybridized carbons (Fsp3) is 0.611. The van der Waals surface area contributed by atoms with Gasteiger partial charge >= 0.3 is 0 Å². The van der Waals surface area contributed by atoms with E-state index in [0.29, 0.717) is 18.9 Å². The van der Waals surface area contributed by atoms with E-state index < -0.39 is 0 Å². The normalized spacial score (nSPS) is 15.2. The number of piperazine rings is 1. The Morgan fingerprint density at radius 1 is 1.32 bits per heavy atom. The van der Waals surface area contributed by atoms with Crippen LogP contribution in [0.3, 0.4) is 0 Å². The third-order valence-electron chi connectivity index (χ3n) is 4.05. The predicted molar refractivity (Wildman–Crippen MR) is 89.4 cm³/mol. The molecule has 1 heterocycles. The summed E-state index contributed by atoms with van der Waals surface area (Å²) in [5.74, 6) is 1.65. The van der Waals surface area contributed by atoms with Gasteiger partial charge in [0.1, 0.15) is 5.75 Å². The molecule has 0 bridgehead atoms. The lowest BCUT2D eigenvalue weighted by Crippen LogP contribution is -2.46. The first-order chi connectivity index (χ1) is 10.6. The Kier molecular flexibility index (Phi) is 6.25. The number of carbonyl (C=O) groups excluding carboxylic acids is 1. The number of aryl methyl sites for hydroxylation is 1. The number of benzene rings is 1. The molecule has 0 spiro atoms. The Labute approximate surface area is 133 Å². The second-order valence-corrected chi connectivity index (χ2v) is 6.28. The van der Waals surface area contributed by atoms with Gasteiger partial charge in [0.05, 0.1) is 6.61 Å². The zero-order valence-corrected chi connectivity index (χ0v) is 14.0. The zero-order valence-electron chi connectivity index (χ0n) is 14.0. The maximum atomic E-state index is 12.1. The lowest BCUT2D eigenvalue weighted by molar-refractivity contribution is -0.132. The van der Waals surface area contributed by atoms with Gasteiger partial charge in [-0.05, 0) is 36.5 Å². The SMILES string of the molecule is Cc1ccc(C(C)C)c(OCCCC(=O)N2CCNCC2)c1. The third kappa shape index (κ3) is 4.73. The summed E-state index contributed by atoms with van der Waals surface area (Å²) in [7, 11) is 0. The molecule has 1 aliphatic heterocycles. The lowest BCUT2D eigenvalue weighted by atomic mass is 10.0. The van der Waals surface area contributed by atoms with Crippen LogP contribution in [0.5, 0.6) is 5.75 Å². The zero-order chi connectivity index (χ0) is 15.9. The Morgan fingerprint density at radius 2 is 2.05 bits per heavy atom. The molecule has 22 heavy (non-hydrogen) atoms. The highest BCUT2D eigenvalue weighted by molar-refractivity contribution is 5.76. The van der Waals surface area contributed by atoms with Crippen molar-refractivity contribution in [2.24, 2.45) is 0 Å². The molecular weight excluding hydrogens is 276 g/mol. The van der Waals surface area contributed by atoms with E-state index in [0.717, 1.165) is 38.3 Å². The van der Waals surface area contributed by atoms with Gasteiger partial charge in [-0.15, -0.1) is 0 Å². The number of hydrogen-bond acceptors (Lipinski definition) is 3. The van der Waals surface area contributed by atoms with E-state index in [4.69, 9.17) is 4.74 Å². The summed E-state index contributed by atoms with van der Waals surface area (Å²) in [6.07, 6.45) is 1.34. The summed E-state index contributed by atoms with van der Waals surface area (Å²) in [4.78, 5) is 14.0. The predicted octanol–water partition coefficient (Wildman–Crippen LogP) is 2.71. The molecule has 1 aromatic rings. The van der Waals surface area contributed by atoms with Crippen LogP contribution in [0.2, 0.25) is 0 Å². The molecule has 4 nitrogen and oxygen atoms in total. The van der Waals surface area contributed by atoms with Gasteiger partial charge in [0.25, 0.3) is 0 Å². The molecule has 122 valence electrons. The highest BCUT2D eigenvalue weighted by atomic mass is 16.5.